The van der Waals surface area contributed by atoms with Crippen LogP contribution in [0.25, 0.3) is 6.08 Å². The third-order valence-electron chi connectivity index (χ3n) is 4.88. The molecule has 0 spiro atoms. The second kappa shape index (κ2) is 9.13. The van der Waals surface area contributed by atoms with E-state index in [2.05, 4.69) is 4.90 Å². The first kappa shape index (κ1) is 20.9. The van der Waals surface area contributed by atoms with Crippen molar-refractivity contribution in [2.24, 2.45) is 0 Å². The molecule has 0 N–H and O–H groups in total. The Morgan fingerprint density at radius 2 is 1.76 bits per heavy atom. The quantitative estimate of drug-likeness (QED) is 0.705. The van der Waals surface area contributed by atoms with E-state index in [9.17, 15) is 18.0 Å². The largest absolute Gasteiger partial charge is 0.497 e. The number of amides is 1. The molecule has 1 aliphatic rings. The summed E-state index contributed by atoms with van der Waals surface area (Å²) in [6, 6.07) is 12.8. The fourth-order valence-electron chi connectivity index (χ4n) is 3.22. The van der Waals surface area contributed by atoms with E-state index in [-0.39, 0.29) is 5.91 Å². The summed E-state index contributed by atoms with van der Waals surface area (Å²) in [6.07, 6.45) is -1.03. The second-order valence-electron chi connectivity index (χ2n) is 6.91. The fraction of sp³-hybridized carbons (Fsp3) is 0.318. The zero-order valence-corrected chi connectivity index (χ0v) is 16.2. The topological polar surface area (TPSA) is 32.8 Å². The number of piperazine rings is 1. The monoisotopic (exact) mass is 404 g/mol. The van der Waals surface area contributed by atoms with Crippen LogP contribution in [0.15, 0.2) is 54.6 Å². The molecule has 3 rings (SSSR count). The molecule has 29 heavy (non-hydrogen) atoms. The maximum atomic E-state index is 12.8. The van der Waals surface area contributed by atoms with Gasteiger partial charge in [0.1, 0.15) is 5.75 Å². The van der Waals surface area contributed by atoms with Crippen LogP contribution in [0.4, 0.5) is 13.2 Å². The van der Waals surface area contributed by atoms with E-state index >= 15 is 0 Å². The predicted molar refractivity (Wildman–Crippen MR) is 105 cm³/mol. The minimum atomic E-state index is -4.34. The molecule has 0 unspecified atom stereocenters. The predicted octanol–water partition coefficient (Wildman–Crippen LogP) is 4.07. The van der Waals surface area contributed by atoms with Gasteiger partial charge in [0.2, 0.25) is 5.91 Å². The summed E-state index contributed by atoms with van der Waals surface area (Å²) in [5.74, 6) is 0.685. The van der Waals surface area contributed by atoms with Gasteiger partial charge in [-0.3, -0.25) is 9.69 Å². The number of hydrogen-bond acceptors (Lipinski definition) is 3. The summed E-state index contributed by atoms with van der Waals surface area (Å²) < 4.78 is 43.7. The third kappa shape index (κ3) is 5.84. The first-order chi connectivity index (χ1) is 13.8. The number of carbonyl (C=O) groups is 1. The van der Waals surface area contributed by atoms with Crippen LogP contribution in [0.1, 0.15) is 16.7 Å². The molecule has 1 fully saturated rings. The van der Waals surface area contributed by atoms with Crippen LogP contribution in [0.3, 0.4) is 0 Å². The highest BCUT2D eigenvalue weighted by atomic mass is 19.4. The number of nitrogens with zero attached hydrogens (tertiary/aromatic N) is 2. The number of methoxy groups -OCH3 is 1. The summed E-state index contributed by atoms with van der Waals surface area (Å²) in [6.45, 7) is 2.78. The molecule has 2 aromatic carbocycles. The highest BCUT2D eigenvalue weighted by molar-refractivity contribution is 5.91. The number of alkyl halides is 3. The lowest BCUT2D eigenvalue weighted by Crippen LogP contribution is -2.47. The summed E-state index contributed by atoms with van der Waals surface area (Å²) in [7, 11) is 1.60. The molecular weight excluding hydrogens is 381 g/mol. The molecule has 1 heterocycles. The Bertz CT molecular complexity index is 855. The van der Waals surface area contributed by atoms with Gasteiger partial charge in [-0.25, -0.2) is 0 Å². The Morgan fingerprint density at radius 1 is 1.07 bits per heavy atom. The number of rotatable bonds is 5. The van der Waals surface area contributed by atoms with Crippen molar-refractivity contribution in [1.29, 1.82) is 0 Å². The van der Waals surface area contributed by atoms with Gasteiger partial charge in [0, 0.05) is 38.8 Å². The lowest BCUT2D eigenvalue weighted by Gasteiger charge is -2.34. The molecule has 0 saturated carbocycles. The van der Waals surface area contributed by atoms with E-state index < -0.39 is 11.7 Å². The molecule has 0 atom stereocenters. The molecule has 0 aromatic heterocycles. The zero-order chi connectivity index (χ0) is 20.9. The fourth-order valence-corrected chi connectivity index (χ4v) is 3.22. The molecule has 1 aliphatic heterocycles. The normalized spacial score (nSPS) is 15.7. The van der Waals surface area contributed by atoms with E-state index in [0.717, 1.165) is 17.4 Å². The molecule has 0 radical (unpaired) electrons. The standard InChI is InChI=1S/C22H23F3N2O2/c1-29-20-8-5-17(6-9-20)7-10-21(28)27-13-11-26(12-14-27)16-18-3-2-4-19(15-18)22(23,24)25/h2-10,15H,11-14,16H2,1H3/b10-7+. The smallest absolute Gasteiger partial charge is 0.416 e. The molecule has 4 nitrogen and oxygen atoms in total. The lowest BCUT2D eigenvalue weighted by molar-refractivity contribution is -0.137. The zero-order valence-electron chi connectivity index (χ0n) is 16.2. The maximum absolute atomic E-state index is 12.8. The summed E-state index contributed by atoms with van der Waals surface area (Å²) in [4.78, 5) is 16.2. The molecule has 154 valence electrons. The van der Waals surface area contributed by atoms with Crippen LogP contribution in [0.5, 0.6) is 5.75 Å². The van der Waals surface area contributed by atoms with Gasteiger partial charge in [-0.05, 0) is 35.4 Å². The van der Waals surface area contributed by atoms with Crippen molar-refractivity contribution >= 4 is 12.0 Å². The third-order valence-corrected chi connectivity index (χ3v) is 4.88. The Kier molecular flexibility index (Phi) is 6.59. The number of benzene rings is 2. The number of hydrogen-bond donors (Lipinski definition) is 0. The van der Waals surface area contributed by atoms with Gasteiger partial charge < -0.3 is 9.64 Å². The maximum Gasteiger partial charge on any atom is 0.416 e. The van der Waals surface area contributed by atoms with E-state index in [1.165, 1.54) is 12.1 Å². The van der Waals surface area contributed by atoms with Gasteiger partial charge in [0.05, 0.1) is 12.7 Å². The van der Waals surface area contributed by atoms with Gasteiger partial charge in [0.25, 0.3) is 0 Å². The van der Waals surface area contributed by atoms with E-state index in [0.29, 0.717) is 38.3 Å². The minimum absolute atomic E-state index is 0.0699. The van der Waals surface area contributed by atoms with Gasteiger partial charge in [-0.1, -0.05) is 30.3 Å². The van der Waals surface area contributed by atoms with Crippen LogP contribution in [-0.2, 0) is 17.5 Å². The van der Waals surface area contributed by atoms with Crippen molar-refractivity contribution in [3.8, 4) is 5.75 Å². The first-order valence-electron chi connectivity index (χ1n) is 9.35. The number of ether oxygens (including phenoxy) is 1. The molecular formula is C22H23F3N2O2. The van der Waals surface area contributed by atoms with Crippen molar-refractivity contribution in [3.05, 3.63) is 71.3 Å². The summed E-state index contributed by atoms with van der Waals surface area (Å²) in [5.41, 5.74) is 0.897. The SMILES string of the molecule is COc1ccc(/C=C/C(=O)N2CCN(Cc3cccc(C(F)(F)F)c3)CC2)cc1. The van der Waals surface area contributed by atoms with Gasteiger partial charge in [0.15, 0.2) is 0 Å². The van der Waals surface area contributed by atoms with Gasteiger partial charge in [-0.15, -0.1) is 0 Å². The Morgan fingerprint density at radius 3 is 2.38 bits per heavy atom. The number of halogens is 3. The molecule has 7 heteroatoms. The Balaban J connectivity index is 1.51. The van der Waals surface area contributed by atoms with E-state index in [4.69, 9.17) is 4.74 Å². The van der Waals surface area contributed by atoms with Crippen LogP contribution in [0.2, 0.25) is 0 Å². The Labute approximate surface area is 168 Å². The van der Waals surface area contributed by atoms with Crippen LogP contribution in [0, 0.1) is 0 Å². The number of carbonyl (C=O) groups excluding carboxylic acids is 1. The molecule has 1 saturated heterocycles. The van der Waals surface area contributed by atoms with Crippen molar-refractivity contribution in [1.82, 2.24) is 9.80 Å². The second-order valence-corrected chi connectivity index (χ2v) is 6.91. The summed E-state index contributed by atoms with van der Waals surface area (Å²) in [5, 5.41) is 0. The first-order valence-corrected chi connectivity index (χ1v) is 9.35. The van der Waals surface area contributed by atoms with Crippen molar-refractivity contribution in [2.45, 2.75) is 12.7 Å². The van der Waals surface area contributed by atoms with Crippen molar-refractivity contribution < 1.29 is 22.7 Å². The van der Waals surface area contributed by atoms with Crippen LogP contribution < -0.4 is 4.74 Å². The van der Waals surface area contributed by atoms with Gasteiger partial charge in [-0.2, -0.15) is 13.2 Å². The van der Waals surface area contributed by atoms with E-state index in [1.807, 2.05) is 24.3 Å². The molecule has 2 aromatic rings. The molecule has 1 amide bonds. The summed E-state index contributed by atoms with van der Waals surface area (Å²) >= 11 is 0. The average Bonchev–Trinajstić information content (AvgIpc) is 2.72. The molecule has 0 bridgehead atoms. The van der Waals surface area contributed by atoms with Crippen molar-refractivity contribution in [2.75, 3.05) is 33.3 Å². The average molecular weight is 404 g/mol. The Hall–Kier alpha value is -2.80. The van der Waals surface area contributed by atoms with Crippen LogP contribution >= 0.6 is 0 Å². The highest BCUT2D eigenvalue weighted by Gasteiger charge is 2.30. The molecule has 0 aliphatic carbocycles. The lowest BCUT2D eigenvalue weighted by atomic mass is 10.1. The highest BCUT2D eigenvalue weighted by Crippen LogP contribution is 2.29. The van der Waals surface area contributed by atoms with E-state index in [1.54, 1.807) is 30.2 Å². The van der Waals surface area contributed by atoms with Gasteiger partial charge >= 0.3 is 6.18 Å². The minimum Gasteiger partial charge on any atom is -0.497 e. The van der Waals surface area contributed by atoms with Crippen LogP contribution in [-0.4, -0.2) is 49.0 Å². The van der Waals surface area contributed by atoms with Crippen molar-refractivity contribution in [3.63, 3.8) is 0 Å².